The van der Waals surface area contributed by atoms with Gasteiger partial charge in [-0.05, 0) is 60.8 Å². The van der Waals surface area contributed by atoms with E-state index in [4.69, 9.17) is 17.0 Å². The highest BCUT2D eigenvalue weighted by Crippen LogP contribution is 2.32. The minimum Gasteiger partial charge on any atom is -0.488 e. The number of carbonyl (C=O) groups is 1. The van der Waals surface area contributed by atoms with Gasteiger partial charge in [-0.1, -0.05) is 43.7 Å². The van der Waals surface area contributed by atoms with Gasteiger partial charge in [0.05, 0.1) is 0 Å². The van der Waals surface area contributed by atoms with Gasteiger partial charge in [-0.3, -0.25) is 4.79 Å². The van der Waals surface area contributed by atoms with Crippen LogP contribution >= 0.6 is 12.2 Å². The standard InChI is InChI=1S/C21H24N2O2S/c1-3-4-10-17-12-18(23-13-19(24)22-21(23)26)11-15(2)20(17)25-14-16-8-6-5-7-9-16/h5-9,11-12H,3-4,10,13-14H2,1-2H3,(H,22,24,26). The van der Waals surface area contributed by atoms with E-state index < -0.39 is 0 Å². The number of amides is 1. The zero-order chi connectivity index (χ0) is 18.5. The molecule has 1 amide bonds. The summed E-state index contributed by atoms with van der Waals surface area (Å²) in [4.78, 5) is 13.5. The third-order valence-corrected chi connectivity index (χ3v) is 4.79. The van der Waals surface area contributed by atoms with Gasteiger partial charge >= 0.3 is 0 Å². The first-order chi connectivity index (χ1) is 12.6. The molecule has 0 aromatic heterocycles. The number of anilines is 1. The Kier molecular flexibility index (Phi) is 5.89. The Hall–Kier alpha value is -2.40. The molecule has 0 radical (unpaired) electrons. The van der Waals surface area contributed by atoms with Crippen LogP contribution in [0.3, 0.4) is 0 Å². The lowest BCUT2D eigenvalue weighted by atomic mass is 10.0. The molecule has 1 heterocycles. The number of carbonyl (C=O) groups excluding carboxylic acids is 1. The molecule has 5 heteroatoms. The Morgan fingerprint density at radius 2 is 2.00 bits per heavy atom. The van der Waals surface area contributed by atoms with E-state index in [1.165, 1.54) is 5.56 Å². The Bertz CT molecular complexity index is 805. The summed E-state index contributed by atoms with van der Waals surface area (Å²) in [5.74, 6) is 0.877. The maximum atomic E-state index is 11.6. The molecule has 1 saturated heterocycles. The molecule has 1 fully saturated rings. The SMILES string of the molecule is CCCCc1cc(N2CC(=O)NC2=S)cc(C)c1OCc1ccccc1. The summed E-state index contributed by atoms with van der Waals surface area (Å²) in [6, 6.07) is 14.3. The van der Waals surface area contributed by atoms with Crippen molar-refractivity contribution >= 4 is 28.9 Å². The van der Waals surface area contributed by atoms with Crippen molar-refractivity contribution in [3.8, 4) is 5.75 Å². The summed E-state index contributed by atoms with van der Waals surface area (Å²) in [6.07, 6.45) is 3.15. The number of ether oxygens (including phenoxy) is 1. The van der Waals surface area contributed by atoms with Crippen LogP contribution in [0.4, 0.5) is 5.69 Å². The molecular weight excluding hydrogens is 344 g/mol. The average molecular weight is 369 g/mol. The van der Waals surface area contributed by atoms with Gasteiger partial charge in [-0.2, -0.15) is 0 Å². The van der Waals surface area contributed by atoms with Gasteiger partial charge < -0.3 is 15.0 Å². The average Bonchev–Trinajstić information content (AvgIpc) is 2.98. The van der Waals surface area contributed by atoms with Gasteiger partial charge in [-0.25, -0.2) is 0 Å². The maximum absolute atomic E-state index is 11.6. The molecule has 0 saturated carbocycles. The minimum atomic E-state index is -0.0628. The number of hydrogen-bond donors (Lipinski definition) is 1. The number of nitrogens with zero attached hydrogens (tertiary/aromatic N) is 1. The molecule has 3 rings (SSSR count). The quantitative estimate of drug-likeness (QED) is 0.746. The van der Waals surface area contributed by atoms with E-state index in [9.17, 15) is 4.79 Å². The number of unbranched alkanes of at least 4 members (excludes halogenated alkanes) is 1. The van der Waals surface area contributed by atoms with Crippen molar-refractivity contribution in [2.75, 3.05) is 11.4 Å². The first kappa shape index (κ1) is 18.4. The fraction of sp³-hybridized carbons (Fsp3) is 0.333. The fourth-order valence-corrected chi connectivity index (χ4v) is 3.41. The third kappa shape index (κ3) is 4.22. The Morgan fingerprint density at radius 3 is 2.65 bits per heavy atom. The van der Waals surface area contributed by atoms with Gasteiger partial charge in [0.25, 0.3) is 0 Å². The second kappa shape index (κ2) is 8.32. The maximum Gasteiger partial charge on any atom is 0.246 e. The van der Waals surface area contributed by atoms with Crippen molar-refractivity contribution in [1.29, 1.82) is 0 Å². The first-order valence-electron chi connectivity index (χ1n) is 9.00. The zero-order valence-corrected chi connectivity index (χ0v) is 16.1. The van der Waals surface area contributed by atoms with E-state index in [0.717, 1.165) is 41.8 Å². The topological polar surface area (TPSA) is 41.6 Å². The van der Waals surface area contributed by atoms with Crippen LogP contribution in [0.25, 0.3) is 0 Å². The van der Waals surface area contributed by atoms with Crippen molar-refractivity contribution in [2.45, 2.75) is 39.7 Å². The van der Waals surface area contributed by atoms with Crippen LogP contribution in [0.2, 0.25) is 0 Å². The van der Waals surface area contributed by atoms with E-state index in [-0.39, 0.29) is 12.5 Å². The number of aryl methyl sites for hydroxylation is 2. The van der Waals surface area contributed by atoms with Gasteiger partial charge in [0, 0.05) is 5.69 Å². The van der Waals surface area contributed by atoms with Gasteiger partial charge in [0.1, 0.15) is 18.9 Å². The molecular formula is C21H24N2O2S. The third-order valence-electron chi connectivity index (χ3n) is 4.47. The number of rotatable bonds is 7. The van der Waals surface area contributed by atoms with Crippen LogP contribution in [-0.4, -0.2) is 17.6 Å². The molecule has 0 aliphatic carbocycles. The lowest BCUT2D eigenvalue weighted by Gasteiger charge is -2.21. The summed E-state index contributed by atoms with van der Waals surface area (Å²) in [5, 5.41) is 3.16. The second-order valence-electron chi connectivity index (χ2n) is 6.57. The number of nitrogens with one attached hydrogen (secondary N) is 1. The molecule has 0 unspecified atom stereocenters. The smallest absolute Gasteiger partial charge is 0.246 e. The lowest BCUT2D eigenvalue weighted by molar-refractivity contribution is -0.117. The number of hydrogen-bond acceptors (Lipinski definition) is 3. The van der Waals surface area contributed by atoms with Crippen molar-refractivity contribution < 1.29 is 9.53 Å². The largest absolute Gasteiger partial charge is 0.488 e. The van der Waals surface area contributed by atoms with E-state index >= 15 is 0 Å². The van der Waals surface area contributed by atoms with E-state index in [1.807, 2.05) is 36.1 Å². The molecule has 0 atom stereocenters. The summed E-state index contributed by atoms with van der Waals surface area (Å²) in [5.41, 5.74) is 4.32. The van der Waals surface area contributed by atoms with Crippen LogP contribution in [0.15, 0.2) is 42.5 Å². The van der Waals surface area contributed by atoms with Crippen LogP contribution in [0, 0.1) is 6.92 Å². The van der Waals surface area contributed by atoms with E-state index in [0.29, 0.717) is 11.7 Å². The fourth-order valence-electron chi connectivity index (χ4n) is 3.12. The Labute approximate surface area is 160 Å². The molecule has 136 valence electrons. The van der Waals surface area contributed by atoms with Crippen molar-refractivity contribution in [2.24, 2.45) is 0 Å². The summed E-state index contributed by atoms with van der Waals surface area (Å²) in [7, 11) is 0. The van der Waals surface area contributed by atoms with Crippen LogP contribution in [-0.2, 0) is 17.8 Å². The lowest BCUT2D eigenvalue weighted by Crippen LogP contribution is -2.27. The summed E-state index contributed by atoms with van der Waals surface area (Å²) in [6.45, 7) is 5.05. The summed E-state index contributed by atoms with van der Waals surface area (Å²) >= 11 is 5.28. The minimum absolute atomic E-state index is 0.0628. The van der Waals surface area contributed by atoms with Crippen molar-refractivity contribution in [1.82, 2.24) is 5.32 Å². The highest BCUT2D eigenvalue weighted by Gasteiger charge is 2.26. The van der Waals surface area contributed by atoms with Crippen molar-refractivity contribution in [3.63, 3.8) is 0 Å². The molecule has 1 aliphatic rings. The molecule has 2 aromatic rings. The molecule has 1 N–H and O–H groups in total. The number of thiocarbonyl (C=S) groups is 1. The monoisotopic (exact) mass is 368 g/mol. The number of benzene rings is 2. The van der Waals surface area contributed by atoms with Crippen LogP contribution in [0.5, 0.6) is 5.75 Å². The molecule has 4 nitrogen and oxygen atoms in total. The molecule has 26 heavy (non-hydrogen) atoms. The first-order valence-corrected chi connectivity index (χ1v) is 9.41. The molecule has 0 spiro atoms. The van der Waals surface area contributed by atoms with E-state index in [1.54, 1.807) is 0 Å². The van der Waals surface area contributed by atoms with Gasteiger partial charge in [0.15, 0.2) is 5.11 Å². The summed E-state index contributed by atoms with van der Waals surface area (Å²) < 4.78 is 6.18. The van der Waals surface area contributed by atoms with E-state index in [2.05, 4.69) is 30.4 Å². The molecule has 1 aliphatic heterocycles. The molecule has 0 bridgehead atoms. The Balaban J connectivity index is 1.87. The predicted octanol–water partition coefficient (Wildman–Crippen LogP) is 4.14. The molecule has 2 aromatic carbocycles. The van der Waals surface area contributed by atoms with Gasteiger partial charge in [0.2, 0.25) is 5.91 Å². The Morgan fingerprint density at radius 1 is 1.23 bits per heavy atom. The second-order valence-corrected chi connectivity index (χ2v) is 6.95. The van der Waals surface area contributed by atoms with Crippen molar-refractivity contribution in [3.05, 3.63) is 59.2 Å². The normalized spacial score (nSPS) is 13.8. The highest BCUT2D eigenvalue weighted by molar-refractivity contribution is 7.80. The highest BCUT2D eigenvalue weighted by atomic mass is 32.1. The van der Waals surface area contributed by atoms with Gasteiger partial charge in [-0.15, -0.1) is 0 Å². The predicted molar refractivity (Wildman–Crippen MR) is 109 cm³/mol. The van der Waals surface area contributed by atoms with Crippen LogP contribution < -0.4 is 15.0 Å². The zero-order valence-electron chi connectivity index (χ0n) is 15.2. The van der Waals surface area contributed by atoms with Crippen LogP contribution in [0.1, 0.15) is 36.5 Å².